The average molecular weight is 482 g/mol. The smallest absolute Gasteiger partial charge is 0.416 e. The van der Waals surface area contributed by atoms with E-state index in [0.717, 1.165) is 17.2 Å². The highest BCUT2D eigenvalue weighted by Crippen LogP contribution is 2.41. The number of piperidine rings is 1. The Morgan fingerprint density at radius 2 is 1.76 bits per heavy atom. The molecule has 1 aliphatic carbocycles. The Hall–Kier alpha value is -2.51. The summed E-state index contributed by atoms with van der Waals surface area (Å²) in [6.07, 6.45) is -0.0752. The van der Waals surface area contributed by atoms with E-state index in [-0.39, 0.29) is 23.9 Å². The van der Waals surface area contributed by atoms with Gasteiger partial charge in [-0.3, -0.25) is 4.79 Å². The zero-order valence-corrected chi connectivity index (χ0v) is 20.3. The zero-order valence-electron chi connectivity index (χ0n) is 20.3. The average Bonchev–Trinajstić information content (AvgIpc) is 2.77. The summed E-state index contributed by atoms with van der Waals surface area (Å²) in [5, 5.41) is 0. The molecule has 0 aromatic heterocycles. The Morgan fingerprint density at radius 3 is 2.29 bits per heavy atom. The third-order valence-electron chi connectivity index (χ3n) is 6.34. The molecule has 1 heterocycles. The largest absolute Gasteiger partial charge is 0.466 e. The molecule has 0 radical (unpaired) electrons. The molecule has 2 aliphatic rings. The van der Waals surface area contributed by atoms with Crippen molar-refractivity contribution in [1.29, 1.82) is 0 Å². The van der Waals surface area contributed by atoms with E-state index in [1.165, 1.54) is 6.07 Å². The Labute approximate surface area is 199 Å². The van der Waals surface area contributed by atoms with Crippen LogP contribution in [0.1, 0.15) is 82.4 Å². The number of carbonyl (C=O) groups excluding carboxylic acids is 2. The standard InChI is InChI=1S/C26H34F3NO4/c1-5-33-23(31)19-8-6-17(7-9-19)22-16-20(26(27,28)29)10-11-21(22)18-12-14-30(15-13-18)24(32)34-25(2,3)4/h6,10-11,16,18-19H,5,7-9,12-15H2,1-4H3. The molecule has 1 amide bonds. The van der Waals surface area contributed by atoms with E-state index in [2.05, 4.69) is 0 Å². The SMILES string of the molecule is CCOC(=O)C1CC=C(c2cc(C(F)(F)F)ccc2C2CCN(C(=O)OC(C)(C)C)CC2)CC1. The van der Waals surface area contributed by atoms with Gasteiger partial charge in [-0.25, -0.2) is 4.79 Å². The van der Waals surface area contributed by atoms with Crippen LogP contribution in [0.4, 0.5) is 18.0 Å². The highest BCUT2D eigenvalue weighted by Gasteiger charge is 2.34. The first-order valence-electron chi connectivity index (χ1n) is 11.9. The first-order valence-corrected chi connectivity index (χ1v) is 11.9. The minimum Gasteiger partial charge on any atom is -0.466 e. The quantitative estimate of drug-likeness (QED) is 0.457. The third kappa shape index (κ3) is 6.54. The zero-order chi connectivity index (χ0) is 25.1. The molecular formula is C26H34F3NO4. The van der Waals surface area contributed by atoms with Gasteiger partial charge in [0.1, 0.15) is 5.60 Å². The molecule has 34 heavy (non-hydrogen) atoms. The van der Waals surface area contributed by atoms with Crippen molar-refractivity contribution < 1.29 is 32.2 Å². The summed E-state index contributed by atoms with van der Waals surface area (Å²) in [6.45, 7) is 8.49. The topological polar surface area (TPSA) is 55.8 Å². The Balaban J connectivity index is 1.81. The van der Waals surface area contributed by atoms with E-state index in [9.17, 15) is 22.8 Å². The van der Waals surface area contributed by atoms with Crippen molar-refractivity contribution in [3.63, 3.8) is 0 Å². The number of esters is 1. The summed E-state index contributed by atoms with van der Waals surface area (Å²) in [5.41, 5.74) is 1.07. The van der Waals surface area contributed by atoms with Gasteiger partial charge in [0.25, 0.3) is 0 Å². The van der Waals surface area contributed by atoms with Crippen LogP contribution in [0.2, 0.25) is 0 Å². The number of rotatable bonds is 4. The molecule has 1 aromatic rings. The predicted molar refractivity (Wildman–Crippen MR) is 123 cm³/mol. The van der Waals surface area contributed by atoms with E-state index in [1.807, 2.05) is 26.8 Å². The van der Waals surface area contributed by atoms with Gasteiger partial charge in [-0.05, 0) is 94.5 Å². The number of alkyl halides is 3. The summed E-state index contributed by atoms with van der Waals surface area (Å²) < 4.78 is 51.1. The molecule has 0 bridgehead atoms. The molecule has 0 N–H and O–H groups in total. The van der Waals surface area contributed by atoms with Crippen LogP contribution in [0.3, 0.4) is 0 Å². The van der Waals surface area contributed by atoms with Gasteiger partial charge in [-0.1, -0.05) is 12.1 Å². The summed E-state index contributed by atoms with van der Waals surface area (Å²) in [4.78, 5) is 26.1. The Kier molecular flexibility index (Phi) is 7.98. The van der Waals surface area contributed by atoms with Gasteiger partial charge >= 0.3 is 18.2 Å². The van der Waals surface area contributed by atoms with E-state index in [0.29, 0.717) is 57.4 Å². The monoisotopic (exact) mass is 481 g/mol. The number of hydrogen-bond donors (Lipinski definition) is 0. The van der Waals surface area contributed by atoms with Crippen LogP contribution < -0.4 is 0 Å². The first-order chi connectivity index (χ1) is 15.9. The molecule has 1 atom stereocenters. The van der Waals surface area contributed by atoms with Crippen LogP contribution in [0, 0.1) is 5.92 Å². The molecule has 1 saturated heterocycles. The van der Waals surface area contributed by atoms with Crippen molar-refractivity contribution in [1.82, 2.24) is 4.90 Å². The van der Waals surface area contributed by atoms with Crippen LogP contribution in [0.15, 0.2) is 24.3 Å². The third-order valence-corrected chi connectivity index (χ3v) is 6.34. The number of allylic oxidation sites excluding steroid dienone is 2. The maximum atomic E-state index is 13.5. The number of carbonyl (C=O) groups is 2. The molecule has 188 valence electrons. The molecular weight excluding hydrogens is 447 g/mol. The number of nitrogens with zero attached hydrogens (tertiary/aromatic N) is 1. The maximum absolute atomic E-state index is 13.5. The lowest BCUT2D eigenvalue weighted by Crippen LogP contribution is -2.41. The lowest BCUT2D eigenvalue weighted by atomic mass is 9.79. The number of amides is 1. The van der Waals surface area contributed by atoms with Gasteiger partial charge in [-0.15, -0.1) is 0 Å². The number of hydrogen-bond acceptors (Lipinski definition) is 4. The van der Waals surface area contributed by atoms with Crippen molar-refractivity contribution in [3.05, 3.63) is 41.0 Å². The summed E-state index contributed by atoms with van der Waals surface area (Å²) >= 11 is 0. The molecule has 0 saturated carbocycles. The first kappa shape index (κ1) is 26.1. The van der Waals surface area contributed by atoms with Gasteiger partial charge in [0.05, 0.1) is 18.1 Å². The Bertz CT molecular complexity index is 925. The molecule has 1 fully saturated rings. The molecule has 5 nitrogen and oxygen atoms in total. The van der Waals surface area contributed by atoms with Gasteiger partial charge in [0.15, 0.2) is 0 Å². The number of likely N-dealkylation sites (tertiary alicyclic amines) is 1. The molecule has 0 spiro atoms. The molecule has 1 aliphatic heterocycles. The van der Waals surface area contributed by atoms with Gasteiger partial charge in [-0.2, -0.15) is 13.2 Å². The van der Waals surface area contributed by atoms with Crippen LogP contribution in [0.5, 0.6) is 0 Å². The van der Waals surface area contributed by atoms with Crippen LogP contribution in [0.25, 0.3) is 5.57 Å². The van der Waals surface area contributed by atoms with E-state index >= 15 is 0 Å². The van der Waals surface area contributed by atoms with Crippen molar-refractivity contribution in [3.8, 4) is 0 Å². The lowest BCUT2D eigenvalue weighted by Gasteiger charge is -2.34. The second-order valence-corrected chi connectivity index (χ2v) is 9.99. The molecule has 1 aromatic carbocycles. The Morgan fingerprint density at radius 1 is 1.09 bits per heavy atom. The minimum atomic E-state index is -4.43. The van der Waals surface area contributed by atoms with Crippen LogP contribution >= 0.6 is 0 Å². The second-order valence-electron chi connectivity index (χ2n) is 9.99. The fourth-order valence-electron chi connectivity index (χ4n) is 4.62. The highest BCUT2D eigenvalue weighted by atomic mass is 19.4. The summed E-state index contributed by atoms with van der Waals surface area (Å²) in [7, 11) is 0. The van der Waals surface area contributed by atoms with Crippen molar-refractivity contribution in [2.45, 2.75) is 77.5 Å². The predicted octanol–water partition coefficient (Wildman–Crippen LogP) is 6.57. The molecule has 8 heteroatoms. The molecule has 3 rings (SSSR count). The van der Waals surface area contributed by atoms with Gasteiger partial charge in [0.2, 0.25) is 0 Å². The fourth-order valence-corrected chi connectivity index (χ4v) is 4.62. The normalized spacial score (nSPS) is 20.0. The van der Waals surface area contributed by atoms with Crippen molar-refractivity contribution in [2.75, 3.05) is 19.7 Å². The highest BCUT2D eigenvalue weighted by molar-refractivity contribution is 5.76. The van der Waals surface area contributed by atoms with E-state index in [4.69, 9.17) is 9.47 Å². The van der Waals surface area contributed by atoms with Crippen molar-refractivity contribution >= 4 is 17.6 Å². The lowest BCUT2D eigenvalue weighted by molar-refractivity contribution is -0.148. The van der Waals surface area contributed by atoms with Crippen LogP contribution in [-0.2, 0) is 20.4 Å². The van der Waals surface area contributed by atoms with E-state index < -0.39 is 17.3 Å². The number of ether oxygens (including phenoxy) is 2. The van der Waals surface area contributed by atoms with Gasteiger partial charge in [0, 0.05) is 13.1 Å². The second kappa shape index (κ2) is 10.4. The van der Waals surface area contributed by atoms with Gasteiger partial charge < -0.3 is 14.4 Å². The maximum Gasteiger partial charge on any atom is 0.416 e. The van der Waals surface area contributed by atoms with Crippen molar-refractivity contribution in [2.24, 2.45) is 5.92 Å². The summed E-state index contributed by atoms with van der Waals surface area (Å²) in [6, 6.07) is 3.97. The fraction of sp³-hybridized carbons (Fsp3) is 0.615. The van der Waals surface area contributed by atoms with E-state index in [1.54, 1.807) is 17.9 Å². The number of halogens is 3. The summed E-state index contributed by atoms with van der Waals surface area (Å²) in [5.74, 6) is -0.466. The number of benzene rings is 1. The van der Waals surface area contributed by atoms with Crippen LogP contribution in [-0.4, -0.2) is 42.3 Å². The molecule has 1 unspecified atom stereocenters. The minimum absolute atomic E-state index is 0.0413.